The lowest BCUT2D eigenvalue weighted by molar-refractivity contribution is -0.274. The van der Waals surface area contributed by atoms with Crippen LogP contribution in [0.4, 0.5) is 22.0 Å². The Morgan fingerprint density at radius 2 is 1.90 bits per heavy atom. The average molecular weight is 429 g/mol. The molecule has 0 amide bonds. The van der Waals surface area contributed by atoms with E-state index >= 15 is 4.39 Å². The fraction of sp³-hybridized carbons (Fsp3) is 0.278. The van der Waals surface area contributed by atoms with Gasteiger partial charge in [-0.25, -0.2) is 18.7 Å². The standard InChI is InChI=1S/C18H12F5N3O4/c19-12-2-1-9(29-18(21,22)23)3-11(12)17(20)5-10(6-17)28-16-8-24-13(7-25-16)14-4-15(27)26-30-14/h1-4,7-8,10H,5-6H2,(H,26,27)/t10-,17-. The molecule has 1 saturated carbocycles. The number of alkyl halides is 4. The summed E-state index contributed by atoms with van der Waals surface area (Å²) in [6.07, 6.45) is -3.72. The highest BCUT2D eigenvalue weighted by Crippen LogP contribution is 2.48. The molecule has 0 radical (unpaired) electrons. The van der Waals surface area contributed by atoms with Gasteiger partial charge in [0, 0.05) is 18.4 Å². The van der Waals surface area contributed by atoms with Crippen LogP contribution in [0.15, 0.2) is 41.2 Å². The number of halogens is 5. The van der Waals surface area contributed by atoms with Crippen molar-refractivity contribution in [3.63, 3.8) is 0 Å². The van der Waals surface area contributed by atoms with E-state index in [9.17, 15) is 17.6 Å². The number of benzene rings is 1. The molecule has 4 rings (SSSR count). The minimum Gasteiger partial charge on any atom is -0.491 e. The lowest BCUT2D eigenvalue weighted by Gasteiger charge is -2.41. The fourth-order valence-corrected chi connectivity index (χ4v) is 3.07. The second-order valence-electron chi connectivity index (χ2n) is 6.59. The Morgan fingerprint density at radius 3 is 2.50 bits per heavy atom. The number of aromatic nitrogens is 3. The van der Waals surface area contributed by atoms with Gasteiger partial charge in [-0.15, -0.1) is 13.2 Å². The smallest absolute Gasteiger partial charge is 0.491 e. The van der Waals surface area contributed by atoms with E-state index in [1.54, 1.807) is 0 Å². The first-order valence-electron chi connectivity index (χ1n) is 8.51. The van der Waals surface area contributed by atoms with Crippen molar-refractivity contribution in [1.82, 2.24) is 15.1 Å². The normalized spacial score (nSPS) is 21.2. The number of rotatable bonds is 5. The Balaban J connectivity index is 1.41. The lowest BCUT2D eigenvalue weighted by Crippen LogP contribution is -2.45. The predicted molar refractivity (Wildman–Crippen MR) is 88.7 cm³/mol. The second-order valence-corrected chi connectivity index (χ2v) is 6.59. The molecule has 1 aliphatic carbocycles. The van der Waals surface area contributed by atoms with Gasteiger partial charge in [0.15, 0.2) is 5.76 Å². The monoisotopic (exact) mass is 429 g/mol. The van der Waals surface area contributed by atoms with E-state index in [0.717, 1.165) is 12.1 Å². The van der Waals surface area contributed by atoms with Gasteiger partial charge in [0.25, 0.3) is 5.88 Å². The van der Waals surface area contributed by atoms with Crippen LogP contribution in [0.3, 0.4) is 0 Å². The van der Waals surface area contributed by atoms with E-state index in [1.807, 2.05) is 0 Å². The summed E-state index contributed by atoms with van der Waals surface area (Å²) in [5.41, 5.74) is -2.47. The van der Waals surface area contributed by atoms with Gasteiger partial charge in [-0.3, -0.25) is 0 Å². The van der Waals surface area contributed by atoms with Crippen LogP contribution in [-0.4, -0.2) is 32.7 Å². The maximum Gasteiger partial charge on any atom is 0.573 e. The maximum absolute atomic E-state index is 15.0. The van der Waals surface area contributed by atoms with Crippen molar-refractivity contribution in [2.75, 3.05) is 0 Å². The van der Waals surface area contributed by atoms with Crippen molar-refractivity contribution >= 4 is 0 Å². The molecule has 7 nitrogen and oxygen atoms in total. The highest BCUT2D eigenvalue weighted by molar-refractivity contribution is 5.51. The first-order chi connectivity index (χ1) is 14.1. The molecule has 1 aromatic carbocycles. The van der Waals surface area contributed by atoms with Crippen LogP contribution >= 0.6 is 0 Å². The van der Waals surface area contributed by atoms with Gasteiger partial charge in [-0.1, -0.05) is 0 Å². The van der Waals surface area contributed by atoms with Crippen LogP contribution in [0, 0.1) is 5.82 Å². The molecule has 12 heteroatoms. The molecule has 0 bridgehead atoms. The van der Waals surface area contributed by atoms with Crippen molar-refractivity contribution in [2.24, 2.45) is 0 Å². The molecule has 0 spiro atoms. The number of hydrogen-bond acceptors (Lipinski definition) is 7. The largest absolute Gasteiger partial charge is 0.573 e. The van der Waals surface area contributed by atoms with E-state index in [-0.39, 0.29) is 36.1 Å². The Labute approximate surface area is 165 Å². The van der Waals surface area contributed by atoms with Crippen LogP contribution in [0.25, 0.3) is 11.5 Å². The van der Waals surface area contributed by atoms with Gasteiger partial charge in [-0.05, 0) is 23.4 Å². The summed E-state index contributed by atoms with van der Waals surface area (Å²) in [6.45, 7) is 0. The second kappa shape index (κ2) is 7.11. The Kier molecular flexibility index (Phi) is 4.71. The van der Waals surface area contributed by atoms with Gasteiger partial charge in [0.05, 0.1) is 18.5 Å². The third-order valence-electron chi connectivity index (χ3n) is 4.42. The number of aromatic hydroxyl groups is 1. The molecule has 1 fully saturated rings. The minimum absolute atomic E-state index is 0.0594. The summed E-state index contributed by atoms with van der Waals surface area (Å²) in [4.78, 5) is 8.00. The van der Waals surface area contributed by atoms with Crippen LogP contribution in [0.5, 0.6) is 17.5 Å². The summed E-state index contributed by atoms with van der Waals surface area (Å²) in [5, 5.41) is 12.5. The quantitative estimate of drug-likeness (QED) is 0.606. The first-order valence-corrected chi connectivity index (χ1v) is 8.51. The summed E-state index contributed by atoms with van der Waals surface area (Å²) in [6, 6.07) is 3.42. The summed E-state index contributed by atoms with van der Waals surface area (Å²) in [5.74, 6) is -1.78. The number of ether oxygens (including phenoxy) is 2. The Morgan fingerprint density at radius 1 is 1.13 bits per heavy atom. The van der Waals surface area contributed by atoms with Gasteiger partial charge >= 0.3 is 6.36 Å². The van der Waals surface area contributed by atoms with E-state index in [4.69, 9.17) is 14.4 Å². The summed E-state index contributed by atoms with van der Waals surface area (Å²) < 4.78 is 80.1. The highest BCUT2D eigenvalue weighted by Gasteiger charge is 2.50. The third-order valence-corrected chi connectivity index (χ3v) is 4.42. The SMILES string of the molecule is Oc1cc(-c2cnc(O[C@H]3C[C@@](F)(c4cc(OC(F)(F)F)ccc4F)C3)cn2)on1. The van der Waals surface area contributed by atoms with E-state index in [1.165, 1.54) is 18.5 Å². The lowest BCUT2D eigenvalue weighted by atomic mass is 9.74. The number of hydrogen-bond donors (Lipinski definition) is 1. The fourth-order valence-electron chi connectivity index (χ4n) is 3.07. The summed E-state index contributed by atoms with van der Waals surface area (Å²) >= 11 is 0. The Hall–Kier alpha value is -3.44. The van der Waals surface area contributed by atoms with Crippen molar-refractivity contribution in [2.45, 2.75) is 31.0 Å². The molecule has 158 valence electrons. The van der Waals surface area contributed by atoms with E-state index < -0.39 is 35.3 Å². The van der Waals surface area contributed by atoms with Crippen molar-refractivity contribution in [3.05, 3.63) is 48.0 Å². The zero-order chi connectivity index (χ0) is 21.5. The molecule has 0 aliphatic heterocycles. The Bertz CT molecular complexity index is 1050. The molecule has 30 heavy (non-hydrogen) atoms. The molecule has 0 saturated heterocycles. The predicted octanol–water partition coefficient (Wildman–Crippen LogP) is 4.28. The molecular weight excluding hydrogens is 417 g/mol. The molecule has 1 N–H and O–H groups in total. The zero-order valence-corrected chi connectivity index (χ0v) is 14.9. The van der Waals surface area contributed by atoms with Crippen molar-refractivity contribution in [3.8, 4) is 29.0 Å². The van der Waals surface area contributed by atoms with Crippen molar-refractivity contribution < 1.29 is 41.1 Å². The molecule has 3 aromatic rings. The van der Waals surface area contributed by atoms with Crippen molar-refractivity contribution in [1.29, 1.82) is 0 Å². The molecule has 0 atom stereocenters. The zero-order valence-electron chi connectivity index (χ0n) is 14.9. The maximum atomic E-state index is 15.0. The van der Waals surface area contributed by atoms with Gasteiger partial charge in [0.2, 0.25) is 5.88 Å². The summed E-state index contributed by atoms with van der Waals surface area (Å²) in [7, 11) is 0. The van der Waals surface area contributed by atoms with Crippen LogP contribution < -0.4 is 9.47 Å². The average Bonchev–Trinajstić information content (AvgIpc) is 3.08. The molecule has 2 heterocycles. The van der Waals surface area contributed by atoms with Crippen LogP contribution in [0.2, 0.25) is 0 Å². The third kappa shape index (κ3) is 4.11. The van der Waals surface area contributed by atoms with Gasteiger partial charge < -0.3 is 19.1 Å². The molecular formula is C18H12F5N3O4. The van der Waals surface area contributed by atoms with Gasteiger partial charge in [0.1, 0.15) is 29.0 Å². The van der Waals surface area contributed by atoms with Crippen LogP contribution in [0.1, 0.15) is 18.4 Å². The minimum atomic E-state index is -4.97. The molecule has 1 aliphatic rings. The molecule has 0 unspecified atom stereocenters. The molecule has 2 aromatic heterocycles. The van der Waals surface area contributed by atoms with Gasteiger partial charge in [-0.2, -0.15) is 0 Å². The number of nitrogens with zero attached hydrogens (tertiary/aromatic N) is 3. The highest BCUT2D eigenvalue weighted by atomic mass is 19.4. The first kappa shape index (κ1) is 19.9. The topological polar surface area (TPSA) is 90.5 Å². The van der Waals surface area contributed by atoms with Crippen LogP contribution in [-0.2, 0) is 5.67 Å². The van der Waals surface area contributed by atoms with E-state index in [2.05, 4.69) is 19.9 Å². The van der Waals surface area contributed by atoms with E-state index in [0.29, 0.717) is 6.07 Å².